The minimum absolute atomic E-state index is 0.0364. The summed E-state index contributed by atoms with van der Waals surface area (Å²) in [6, 6.07) is -0.141. The van der Waals surface area contributed by atoms with Crippen molar-refractivity contribution < 1.29 is 14.7 Å². The molecular formula is C13H18N4O3S. The highest BCUT2D eigenvalue weighted by Gasteiger charge is 2.24. The number of carboxylic acids is 1. The predicted octanol–water partition coefficient (Wildman–Crippen LogP) is 0.866. The number of carboxylic acid groups (broad SMARTS) is 1. The zero-order valence-corrected chi connectivity index (χ0v) is 12.5. The monoisotopic (exact) mass is 310 g/mol. The number of thiazole rings is 1. The van der Waals surface area contributed by atoms with E-state index >= 15 is 0 Å². The van der Waals surface area contributed by atoms with Gasteiger partial charge in [0.15, 0.2) is 5.13 Å². The number of hydrogen-bond donors (Lipinski definition) is 2. The Morgan fingerprint density at radius 1 is 1.24 bits per heavy atom. The van der Waals surface area contributed by atoms with Crippen LogP contribution in [0.25, 0.3) is 0 Å². The third-order valence-electron chi connectivity index (χ3n) is 3.83. The van der Waals surface area contributed by atoms with E-state index in [9.17, 15) is 9.59 Å². The number of piperazine rings is 1. The predicted molar refractivity (Wildman–Crippen MR) is 78.8 cm³/mol. The molecule has 1 aliphatic heterocycles. The maximum Gasteiger partial charge on any atom is 0.323 e. The maximum atomic E-state index is 12.2. The number of urea groups is 1. The van der Waals surface area contributed by atoms with Crippen LogP contribution in [0.5, 0.6) is 0 Å². The molecule has 0 spiro atoms. The summed E-state index contributed by atoms with van der Waals surface area (Å²) in [6.07, 6.45) is 3.24. The second-order valence-electron chi connectivity index (χ2n) is 5.33. The summed E-state index contributed by atoms with van der Waals surface area (Å²) in [7, 11) is 0. The van der Waals surface area contributed by atoms with E-state index in [1.807, 2.05) is 4.90 Å². The second kappa shape index (κ2) is 5.98. The highest BCUT2D eigenvalue weighted by molar-refractivity contribution is 7.15. The van der Waals surface area contributed by atoms with E-state index in [2.05, 4.69) is 10.3 Å². The maximum absolute atomic E-state index is 12.2. The Labute approximate surface area is 126 Å². The van der Waals surface area contributed by atoms with Crippen molar-refractivity contribution in [1.29, 1.82) is 0 Å². The van der Waals surface area contributed by atoms with Crippen LogP contribution in [-0.4, -0.2) is 64.6 Å². The van der Waals surface area contributed by atoms with Gasteiger partial charge in [-0.05, 0) is 19.3 Å². The molecule has 1 saturated heterocycles. The molecule has 1 aliphatic carbocycles. The van der Waals surface area contributed by atoms with Crippen molar-refractivity contribution in [2.24, 2.45) is 0 Å². The summed E-state index contributed by atoms with van der Waals surface area (Å²) < 4.78 is 0. The van der Waals surface area contributed by atoms with Gasteiger partial charge in [0, 0.05) is 31.1 Å². The molecule has 3 rings (SSSR count). The van der Waals surface area contributed by atoms with Gasteiger partial charge in [0.25, 0.3) is 0 Å². The fourth-order valence-electron chi connectivity index (χ4n) is 2.71. The number of amides is 2. The van der Waals surface area contributed by atoms with Gasteiger partial charge in [0.2, 0.25) is 0 Å². The molecule has 2 heterocycles. The van der Waals surface area contributed by atoms with Crippen molar-refractivity contribution in [3.8, 4) is 0 Å². The van der Waals surface area contributed by atoms with Crippen LogP contribution in [0, 0.1) is 0 Å². The summed E-state index contributed by atoms with van der Waals surface area (Å²) in [5.41, 5.74) is 1.13. The first kappa shape index (κ1) is 14.3. The average molecular weight is 310 g/mol. The lowest BCUT2D eigenvalue weighted by Gasteiger charge is -2.33. The smallest absolute Gasteiger partial charge is 0.323 e. The topological polar surface area (TPSA) is 85.8 Å². The van der Waals surface area contributed by atoms with E-state index < -0.39 is 5.97 Å². The molecule has 0 saturated carbocycles. The SMILES string of the molecule is O=C(O)CN1CCN(C(=O)Nc2nc3c(s2)CCC3)CC1. The van der Waals surface area contributed by atoms with E-state index in [4.69, 9.17) is 5.11 Å². The lowest BCUT2D eigenvalue weighted by atomic mass is 10.3. The zero-order valence-electron chi connectivity index (χ0n) is 11.7. The van der Waals surface area contributed by atoms with E-state index in [-0.39, 0.29) is 12.6 Å². The largest absolute Gasteiger partial charge is 0.480 e. The van der Waals surface area contributed by atoms with E-state index in [0.29, 0.717) is 31.3 Å². The van der Waals surface area contributed by atoms with Crippen molar-refractivity contribution in [2.75, 3.05) is 38.0 Å². The number of nitrogens with one attached hydrogen (secondary N) is 1. The van der Waals surface area contributed by atoms with Gasteiger partial charge in [0.05, 0.1) is 12.2 Å². The lowest BCUT2D eigenvalue weighted by molar-refractivity contribution is -0.138. The Morgan fingerprint density at radius 2 is 2.00 bits per heavy atom. The Bertz CT molecular complexity index is 530. The number of carbonyl (C=O) groups excluding carboxylic acids is 1. The number of anilines is 1. The number of aromatic nitrogens is 1. The molecule has 1 aromatic heterocycles. The molecule has 7 nitrogen and oxygen atoms in total. The number of rotatable bonds is 3. The Balaban J connectivity index is 1.51. The molecule has 114 valence electrons. The van der Waals surface area contributed by atoms with Crippen LogP contribution in [0.2, 0.25) is 0 Å². The molecule has 0 aromatic carbocycles. The van der Waals surface area contributed by atoms with Crippen molar-refractivity contribution in [3.63, 3.8) is 0 Å². The lowest BCUT2D eigenvalue weighted by Crippen LogP contribution is -2.51. The van der Waals surface area contributed by atoms with Crippen LogP contribution in [0.3, 0.4) is 0 Å². The van der Waals surface area contributed by atoms with Crippen LogP contribution in [0.4, 0.5) is 9.93 Å². The van der Waals surface area contributed by atoms with Crippen LogP contribution >= 0.6 is 11.3 Å². The summed E-state index contributed by atoms with van der Waals surface area (Å²) >= 11 is 1.57. The molecule has 0 radical (unpaired) electrons. The molecule has 2 amide bonds. The van der Waals surface area contributed by atoms with Crippen LogP contribution in [0.1, 0.15) is 17.0 Å². The van der Waals surface area contributed by atoms with Crippen molar-refractivity contribution in [3.05, 3.63) is 10.6 Å². The van der Waals surface area contributed by atoms with Gasteiger partial charge < -0.3 is 10.0 Å². The minimum Gasteiger partial charge on any atom is -0.480 e. The van der Waals surface area contributed by atoms with Gasteiger partial charge in [-0.15, -0.1) is 11.3 Å². The van der Waals surface area contributed by atoms with Gasteiger partial charge in [-0.1, -0.05) is 0 Å². The Morgan fingerprint density at radius 3 is 2.67 bits per heavy atom. The van der Waals surface area contributed by atoms with Gasteiger partial charge in [-0.2, -0.15) is 0 Å². The number of aryl methyl sites for hydroxylation is 2. The zero-order chi connectivity index (χ0) is 14.8. The van der Waals surface area contributed by atoms with E-state index in [1.165, 1.54) is 4.88 Å². The van der Waals surface area contributed by atoms with Crippen molar-refractivity contribution in [2.45, 2.75) is 19.3 Å². The van der Waals surface area contributed by atoms with E-state index in [1.54, 1.807) is 16.2 Å². The minimum atomic E-state index is -0.829. The molecule has 0 atom stereocenters. The fraction of sp³-hybridized carbons (Fsp3) is 0.615. The van der Waals surface area contributed by atoms with Crippen LogP contribution in [-0.2, 0) is 17.6 Å². The normalized spacial score (nSPS) is 18.6. The van der Waals surface area contributed by atoms with Gasteiger partial charge >= 0.3 is 12.0 Å². The fourth-order valence-corrected chi connectivity index (χ4v) is 3.75. The van der Waals surface area contributed by atoms with Crippen molar-refractivity contribution >= 4 is 28.5 Å². The summed E-state index contributed by atoms with van der Waals surface area (Å²) in [5.74, 6) is -0.829. The van der Waals surface area contributed by atoms with Crippen molar-refractivity contribution in [1.82, 2.24) is 14.8 Å². The number of carbonyl (C=O) groups is 2. The first-order chi connectivity index (χ1) is 10.1. The third-order valence-corrected chi connectivity index (χ3v) is 4.90. The number of hydrogen-bond acceptors (Lipinski definition) is 5. The molecule has 1 fully saturated rings. The first-order valence-electron chi connectivity index (χ1n) is 7.10. The van der Waals surface area contributed by atoms with E-state index in [0.717, 1.165) is 25.0 Å². The molecule has 0 bridgehead atoms. The Kier molecular flexibility index (Phi) is 4.07. The Hall–Kier alpha value is -1.67. The number of aliphatic carboxylic acids is 1. The van der Waals surface area contributed by atoms with Gasteiger partial charge in [-0.3, -0.25) is 15.0 Å². The summed E-state index contributed by atoms with van der Waals surface area (Å²) in [4.78, 5) is 32.1. The molecule has 2 aliphatic rings. The molecular weight excluding hydrogens is 292 g/mol. The molecule has 21 heavy (non-hydrogen) atoms. The quantitative estimate of drug-likeness (QED) is 0.865. The molecule has 2 N–H and O–H groups in total. The first-order valence-corrected chi connectivity index (χ1v) is 7.92. The number of nitrogens with zero attached hydrogens (tertiary/aromatic N) is 3. The highest BCUT2D eigenvalue weighted by atomic mass is 32.1. The van der Waals surface area contributed by atoms with Gasteiger partial charge in [0.1, 0.15) is 0 Å². The summed E-state index contributed by atoms with van der Waals surface area (Å²) in [5, 5.41) is 12.3. The van der Waals surface area contributed by atoms with Gasteiger partial charge in [-0.25, -0.2) is 9.78 Å². The second-order valence-corrected chi connectivity index (χ2v) is 6.41. The highest BCUT2D eigenvalue weighted by Crippen LogP contribution is 2.30. The standard InChI is InChI=1S/C13H18N4O3S/c18-11(19)8-16-4-6-17(7-5-16)13(20)15-12-14-9-2-1-3-10(9)21-12/h1-8H2,(H,18,19)(H,14,15,20). The number of fused-ring (bicyclic) bond motifs is 1. The van der Waals surface area contributed by atoms with Crippen LogP contribution in [0.15, 0.2) is 0 Å². The molecule has 8 heteroatoms. The molecule has 1 aromatic rings. The van der Waals surface area contributed by atoms with Crippen LogP contribution < -0.4 is 5.32 Å². The third kappa shape index (κ3) is 3.33. The summed E-state index contributed by atoms with van der Waals surface area (Å²) in [6.45, 7) is 2.31. The molecule has 0 unspecified atom stereocenters. The average Bonchev–Trinajstić information content (AvgIpc) is 2.99.